The highest BCUT2D eigenvalue weighted by molar-refractivity contribution is 5.85. The van der Waals surface area contributed by atoms with Gasteiger partial charge in [0, 0.05) is 30.1 Å². The lowest BCUT2D eigenvalue weighted by Gasteiger charge is -2.04. The quantitative estimate of drug-likeness (QED) is 0.822. The van der Waals surface area contributed by atoms with Crippen LogP contribution in [-0.4, -0.2) is 21.7 Å². The van der Waals surface area contributed by atoms with Gasteiger partial charge in [0.05, 0.1) is 0 Å². The van der Waals surface area contributed by atoms with Crippen molar-refractivity contribution in [3.63, 3.8) is 0 Å². The Balaban J connectivity index is 2.40. The van der Waals surface area contributed by atoms with Gasteiger partial charge in [0.15, 0.2) is 0 Å². The fourth-order valence-electron chi connectivity index (χ4n) is 2.24. The van der Waals surface area contributed by atoms with Crippen LogP contribution in [-0.2, 0) is 17.8 Å². The van der Waals surface area contributed by atoms with E-state index in [1.54, 1.807) is 0 Å². The molecule has 0 saturated heterocycles. The molecule has 0 radical (unpaired) electrons. The number of rotatable bonds is 5. The number of para-hydroxylation sites is 1. The normalized spacial score (nSPS) is 12.3. The smallest absolute Gasteiger partial charge is 0.320 e. The molecule has 2 aromatic rings. The Labute approximate surface area is 118 Å². The van der Waals surface area contributed by atoms with Crippen LogP contribution in [0.2, 0.25) is 0 Å². The second kappa shape index (κ2) is 5.92. The van der Waals surface area contributed by atoms with E-state index in [9.17, 15) is 4.79 Å². The van der Waals surface area contributed by atoms with Crippen LogP contribution in [0.25, 0.3) is 10.9 Å². The summed E-state index contributed by atoms with van der Waals surface area (Å²) in [6, 6.07) is 7.14. The Morgan fingerprint density at radius 2 is 2.10 bits per heavy atom. The molecule has 0 aliphatic rings. The molecule has 0 bridgehead atoms. The van der Waals surface area contributed by atoms with Crippen LogP contribution in [0.4, 0.5) is 0 Å². The molecule has 1 atom stereocenters. The first-order valence-corrected chi connectivity index (χ1v) is 6.67. The lowest BCUT2D eigenvalue weighted by molar-refractivity contribution is -0.138. The summed E-state index contributed by atoms with van der Waals surface area (Å²) in [7, 11) is 0. The van der Waals surface area contributed by atoms with E-state index in [-0.39, 0.29) is 0 Å². The lowest BCUT2D eigenvalue weighted by Crippen LogP contribution is -2.32. The van der Waals surface area contributed by atoms with Crippen molar-refractivity contribution < 1.29 is 9.90 Å². The fourth-order valence-corrected chi connectivity index (χ4v) is 2.24. The van der Waals surface area contributed by atoms with Gasteiger partial charge in [-0.1, -0.05) is 29.8 Å². The summed E-state index contributed by atoms with van der Waals surface area (Å²) in [5.74, 6) is -0.967. The predicted molar refractivity (Wildman–Crippen MR) is 80.7 cm³/mol. The average Bonchev–Trinajstić information content (AvgIpc) is 2.75. The number of aromatic nitrogens is 1. The highest BCUT2D eigenvalue weighted by Gasteiger charge is 2.16. The molecular weight excluding hydrogens is 252 g/mol. The molecule has 0 amide bonds. The van der Waals surface area contributed by atoms with Gasteiger partial charge in [0.1, 0.15) is 6.04 Å². The number of benzene rings is 1. The highest BCUT2D eigenvalue weighted by Crippen LogP contribution is 2.22. The van der Waals surface area contributed by atoms with Crippen LogP contribution in [0.1, 0.15) is 19.4 Å². The molecule has 0 fully saturated rings. The Kier molecular flexibility index (Phi) is 4.25. The number of allylic oxidation sites excluding steroid dienone is 2. The van der Waals surface area contributed by atoms with Crippen molar-refractivity contribution in [2.75, 3.05) is 0 Å². The molecule has 4 heteroatoms. The van der Waals surface area contributed by atoms with Crippen LogP contribution in [0.5, 0.6) is 0 Å². The van der Waals surface area contributed by atoms with E-state index in [0.29, 0.717) is 6.42 Å². The summed E-state index contributed by atoms with van der Waals surface area (Å²) in [6.45, 7) is 4.91. The number of carbonyl (C=O) groups is 1. The van der Waals surface area contributed by atoms with Gasteiger partial charge < -0.3 is 15.4 Å². The van der Waals surface area contributed by atoms with Crippen LogP contribution >= 0.6 is 0 Å². The molecule has 4 nitrogen and oxygen atoms in total. The first-order valence-electron chi connectivity index (χ1n) is 6.67. The number of aliphatic carboxylic acids is 1. The number of hydrogen-bond acceptors (Lipinski definition) is 2. The van der Waals surface area contributed by atoms with Gasteiger partial charge in [-0.2, -0.15) is 0 Å². The van der Waals surface area contributed by atoms with Gasteiger partial charge in [0.25, 0.3) is 0 Å². The third-order valence-corrected chi connectivity index (χ3v) is 3.32. The Hall–Kier alpha value is -2.07. The molecule has 0 saturated carbocycles. The molecule has 20 heavy (non-hydrogen) atoms. The van der Waals surface area contributed by atoms with E-state index in [2.05, 4.69) is 24.5 Å². The average molecular weight is 272 g/mol. The Morgan fingerprint density at radius 1 is 1.40 bits per heavy atom. The van der Waals surface area contributed by atoms with E-state index in [0.717, 1.165) is 23.0 Å². The number of fused-ring (bicyclic) bond motifs is 1. The summed E-state index contributed by atoms with van der Waals surface area (Å²) in [6.07, 6.45) is 4.50. The van der Waals surface area contributed by atoms with Crippen molar-refractivity contribution in [3.8, 4) is 0 Å². The third-order valence-electron chi connectivity index (χ3n) is 3.32. The zero-order chi connectivity index (χ0) is 14.7. The second-order valence-corrected chi connectivity index (χ2v) is 5.25. The van der Waals surface area contributed by atoms with Crippen molar-refractivity contribution in [1.29, 1.82) is 0 Å². The zero-order valence-corrected chi connectivity index (χ0v) is 11.8. The summed E-state index contributed by atoms with van der Waals surface area (Å²) < 4.78 is 2.13. The van der Waals surface area contributed by atoms with Gasteiger partial charge in [-0.3, -0.25) is 4.79 Å². The van der Waals surface area contributed by atoms with Crippen molar-refractivity contribution in [3.05, 3.63) is 47.7 Å². The molecule has 0 aliphatic heterocycles. The third kappa shape index (κ3) is 3.08. The monoisotopic (exact) mass is 272 g/mol. The SMILES string of the molecule is CC(C)=CCn1cc(CC(N)C(=O)O)c2ccccc21. The van der Waals surface area contributed by atoms with E-state index in [4.69, 9.17) is 10.8 Å². The molecule has 0 aliphatic carbocycles. The minimum atomic E-state index is -0.967. The largest absolute Gasteiger partial charge is 0.480 e. The van der Waals surface area contributed by atoms with Gasteiger partial charge in [-0.05, 0) is 25.5 Å². The maximum Gasteiger partial charge on any atom is 0.320 e. The van der Waals surface area contributed by atoms with Gasteiger partial charge in [-0.25, -0.2) is 0 Å². The molecule has 1 aromatic carbocycles. The fraction of sp³-hybridized carbons (Fsp3) is 0.312. The lowest BCUT2D eigenvalue weighted by atomic mass is 10.1. The number of nitrogens with two attached hydrogens (primary N) is 1. The Bertz CT molecular complexity index is 652. The molecule has 1 aromatic heterocycles. The summed E-state index contributed by atoms with van der Waals surface area (Å²) in [5.41, 5.74) is 9.00. The molecule has 1 heterocycles. The highest BCUT2D eigenvalue weighted by atomic mass is 16.4. The molecule has 3 N–H and O–H groups in total. The molecule has 2 rings (SSSR count). The molecule has 0 spiro atoms. The van der Waals surface area contributed by atoms with Crippen molar-refractivity contribution >= 4 is 16.9 Å². The number of carboxylic acids is 1. The number of nitrogens with zero attached hydrogens (tertiary/aromatic N) is 1. The predicted octanol–water partition coefficient (Wildman–Crippen LogP) is 2.56. The van der Waals surface area contributed by atoms with Gasteiger partial charge in [-0.15, -0.1) is 0 Å². The van der Waals surface area contributed by atoms with Crippen molar-refractivity contribution in [2.45, 2.75) is 32.9 Å². The zero-order valence-electron chi connectivity index (χ0n) is 11.8. The van der Waals surface area contributed by atoms with Gasteiger partial charge in [0.2, 0.25) is 0 Å². The molecule has 1 unspecified atom stereocenters. The maximum absolute atomic E-state index is 10.9. The van der Waals surface area contributed by atoms with Crippen LogP contribution in [0.15, 0.2) is 42.1 Å². The molecular formula is C16H20N2O2. The second-order valence-electron chi connectivity index (χ2n) is 5.25. The topological polar surface area (TPSA) is 68.2 Å². The number of carboxylic acid groups (broad SMARTS) is 1. The summed E-state index contributed by atoms with van der Waals surface area (Å²) in [5, 5.41) is 10.0. The van der Waals surface area contributed by atoms with Crippen LogP contribution in [0, 0.1) is 0 Å². The Morgan fingerprint density at radius 3 is 2.75 bits per heavy atom. The van der Waals surface area contributed by atoms with Crippen LogP contribution in [0.3, 0.4) is 0 Å². The minimum Gasteiger partial charge on any atom is -0.480 e. The first kappa shape index (κ1) is 14.3. The minimum absolute atomic E-state index is 0.345. The van der Waals surface area contributed by atoms with E-state index < -0.39 is 12.0 Å². The maximum atomic E-state index is 10.9. The van der Waals surface area contributed by atoms with Crippen molar-refractivity contribution in [2.24, 2.45) is 5.73 Å². The van der Waals surface area contributed by atoms with Crippen molar-refractivity contribution in [1.82, 2.24) is 4.57 Å². The summed E-state index contributed by atoms with van der Waals surface area (Å²) in [4.78, 5) is 10.9. The first-order chi connectivity index (χ1) is 9.49. The van der Waals surface area contributed by atoms with Crippen LogP contribution < -0.4 is 5.73 Å². The molecule has 106 valence electrons. The summed E-state index contributed by atoms with van der Waals surface area (Å²) >= 11 is 0. The van der Waals surface area contributed by atoms with E-state index >= 15 is 0 Å². The number of hydrogen-bond donors (Lipinski definition) is 2. The van der Waals surface area contributed by atoms with E-state index in [1.807, 2.05) is 30.5 Å². The standard InChI is InChI=1S/C16H20N2O2/c1-11(2)7-8-18-10-12(9-14(17)16(19)20)13-5-3-4-6-15(13)18/h3-7,10,14H,8-9,17H2,1-2H3,(H,19,20). The van der Waals surface area contributed by atoms with Gasteiger partial charge >= 0.3 is 5.97 Å². The van der Waals surface area contributed by atoms with E-state index in [1.165, 1.54) is 5.57 Å².